The number of aromatic nitrogens is 1. The third-order valence-corrected chi connectivity index (χ3v) is 5.69. The van der Waals surface area contributed by atoms with Crippen LogP contribution in [-0.2, 0) is 0 Å². The Hall–Kier alpha value is -3.26. The van der Waals surface area contributed by atoms with Crippen molar-refractivity contribution < 1.29 is 0 Å². The first-order chi connectivity index (χ1) is 12.9. The first-order valence-corrected chi connectivity index (χ1v) is 9.14. The predicted molar refractivity (Wildman–Crippen MR) is 109 cm³/mol. The van der Waals surface area contributed by atoms with Crippen molar-refractivity contribution in [3.63, 3.8) is 0 Å². The molecule has 0 bridgehead atoms. The lowest BCUT2D eigenvalue weighted by Crippen LogP contribution is -2.17. The molecular formula is C24H18N2. The van der Waals surface area contributed by atoms with Gasteiger partial charge in [-0.2, -0.15) is 0 Å². The zero-order valence-corrected chi connectivity index (χ0v) is 14.3. The van der Waals surface area contributed by atoms with Crippen LogP contribution in [0, 0.1) is 0 Å². The monoisotopic (exact) mass is 334 g/mol. The molecule has 0 saturated carbocycles. The number of benzene rings is 3. The molecule has 2 heterocycles. The number of rotatable bonds is 1. The van der Waals surface area contributed by atoms with E-state index >= 15 is 0 Å². The third-order valence-electron chi connectivity index (χ3n) is 5.69. The number of anilines is 1. The fraction of sp³-hybridized carbons (Fsp3) is 0.0833. The van der Waals surface area contributed by atoms with Crippen LogP contribution in [0.2, 0.25) is 0 Å². The molecule has 2 atom stereocenters. The Morgan fingerprint density at radius 3 is 2.19 bits per heavy atom. The highest BCUT2D eigenvalue weighted by Gasteiger charge is 2.30. The standard InChI is InChI=1S/C24H18N2/c1-4-10-21-17(7-1)20-15-16(13-14-22(20)25-21)26-23-11-5-2-8-18(23)19-9-3-6-12-24(19)26/h1-15,17,21,25H. The van der Waals surface area contributed by atoms with Crippen molar-refractivity contribution in [1.82, 2.24) is 4.57 Å². The molecule has 0 amide bonds. The maximum absolute atomic E-state index is 3.64. The first kappa shape index (κ1) is 14.0. The van der Waals surface area contributed by atoms with Gasteiger partial charge < -0.3 is 9.88 Å². The molecule has 6 rings (SSSR count). The molecule has 1 aliphatic heterocycles. The van der Waals surface area contributed by atoms with Crippen LogP contribution < -0.4 is 5.32 Å². The summed E-state index contributed by atoms with van der Waals surface area (Å²) in [5.41, 5.74) is 6.38. The Balaban J connectivity index is 1.63. The fourth-order valence-electron chi connectivity index (χ4n) is 4.52. The summed E-state index contributed by atoms with van der Waals surface area (Å²) >= 11 is 0. The van der Waals surface area contributed by atoms with E-state index < -0.39 is 0 Å². The zero-order chi connectivity index (χ0) is 17.1. The molecule has 26 heavy (non-hydrogen) atoms. The molecule has 2 nitrogen and oxygen atoms in total. The van der Waals surface area contributed by atoms with E-state index in [0.717, 1.165) is 0 Å². The van der Waals surface area contributed by atoms with E-state index in [9.17, 15) is 0 Å². The minimum absolute atomic E-state index is 0.378. The predicted octanol–water partition coefficient (Wildman–Crippen LogP) is 5.79. The molecule has 0 radical (unpaired) electrons. The van der Waals surface area contributed by atoms with Crippen LogP contribution in [-0.4, -0.2) is 10.6 Å². The maximum Gasteiger partial charge on any atom is 0.0551 e. The molecule has 1 N–H and O–H groups in total. The normalized spacial score (nSPS) is 20.3. The summed E-state index contributed by atoms with van der Waals surface area (Å²) in [6.45, 7) is 0. The first-order valence-electron chi connectivity index (χ1n) is 9.14. The van der Waals surface area contributed by atoms with Gasteiger partial charge in [-0.15, -0.1) is 0 Å². The number of para-hydroxylation sites is 2. The van der Waals surface area contributed by atoms with Crippen LogP contribution in [0.1, 0.15) is 11.5 Å². The summed E-state index contributed by atoms with van der Waals surface area (Å²) in [6, 6.07) is 24.5. The Morgan fingerprint density at radius 2 is 1.42 bits per heavy atom. The Labute approximate surface area is 152 Å². The minimum atomic E-state index is 0.378. The van der Waals surface area contributed by atoms with E-state index in [-0.39, 0.29) is 0 Å². The fourth-order valence-corrected chi connectivity index (χ4v) is 4.52. The highest BCUT2D eigenvalue weighted by molar-refractivity contribution is 6.09. The smallest absolute Gasteiger partial charge is 0.0551 e. The van der Waals surface area contributed by atoms with Gasteiger partial charge >= 0.3 is 0 Å². The molecule has 2 unspecified atom stereocenters. The van der Waals surface area contributed by atoms with E-state index in [2.05, 4.69) is 101 Å². The van der Waals surface area contributed by atoms with Crippen LogP contribution in [0.5, 0.6) is 0 Å². The average Bonchev–Trinajstić information content (AvgIpc) is 3.23. The molecule has 1 aliphatic carbocycles. The zero-order valence-electron chi connectivity index (χ0n) is 14.3. The van der Waals surface area contributed by atoms with Crippen LogP contribution in [0.25, 0.3) is 27.5 Å². The highest BCUT2D eigenvalue weighted by Crippen LogP contribution is 2.41. The minimum Gasteiger partial charge on any atom is -0.378 e. The van der Waals surface area contributed by atoms with E-state index in [1.165, 1.54) is 38.7 Å². The second kappa shape index (κ2) is 5.12. The highest BCUT2D eigenvalue weighted by atomic mass is 15.0. The molecule has 3 aromatic carbocycles. The third kappa shape index (κ3) is 1.81. The summed E-state index contributed by atoms with van der Waals surface area (Å²) in [6.07, 6.45) is 8.85. The van der Waals surface area contributed by atoms with Gasteiger partial charge in [-0.05, 0) is 35.9 Å². The molecule has 0 spiro atoms. The molecule has 4 aromatic rings. The Bertz CT molecular complexity index is 1170. The molecule has 2 heteroatoms. The van der Waals surface area contributed by atoms with Crippen LogP contribution in [0.4, 0.5) is 5.69 Å². The quantitative estimate of drug-likeness (QED) is 0.466. The van der Waals surface area contributed by atoms with Gasteiger partial charge in [0.15, 0.2) is 0 Å². The number of hydrogen-bond donors (Lipinski definition) is 1. The lowest BCUT2D eigenvalue weighted by molar-refractivity contribution is 0.804. The molecule has 124 valence electrons. The van der Waals surface area contributed by atoms with Crippen molar-refractivity contribution in [1.29, 1.82) is 0 Å². The summed E-state index contributed by atoms with van der Waals surface area (Å²) < 4.78 is 2.39. The van der Waals surface area contributed by atoms with Crippen molar-refractivity contribution in [3.8, 4) is 5.69 Å². The van der Waals surface area contributed by atoms with Crippen LogP contribution >= 0.6 is 0 Å². The Morgan fingerprint density at radius 1 is 0.731 bits per heavy atom. The van der Waals surface area contributed by atoms with Gasteiger partial charge in [0.25, 0.3) is 0 Å². The largest absolute Gasteiger partial charge is 0.378 e. The van der Waals surface area contributed by atoms with Crippen molar-refractivity contribution in [3.05, 3.63) is 96.6 Å². The average molecular weight is 334 g/mol. The number of nitrogens with zero attached hydrogens (tertiary/aromatic N) is 1. The van der Waals surface area contributed by atoms with E-state index in [0.29, 0.717) is 12.0 Å². The Kier molecular flexibility index (Phi) is 2.75. The second-order valence-corrected chi connectivity index (χ2v) is 7.11. The number of allylic oxidation sites excluding steroid dienone is 2. The van der Waals surface area contributed by atoms with Gasteiger partial charge in [-0.25, -0.2) is 0 Å². The molecular weight excluding hydrogens is 316 g/mol. The van der Waals surface area contributed by atoms with Gasteiger partial charge in [0.1, 0.15) is 0 Å². The topological polar surface area (TPSA) is 17.0 Å². The molecule has 0 fully saturated rings. The van der Waals surface area contributed by atoms with E-state index in [1.807, 2.05) is 0 Å². The van der Waals surface area contributed by atoms with Gasteiger partial charge in [0.2, 0.25) is 0 Å². The summed E-state index contributed by atoms with van der Waals surface area (Å²) in [5.74, 6) is 0.419. The lowest BCUT2D eigenvalue weighted by atomic mass is 9.91. The molecule has 0 saturated heterocycles. The number of nitrogens with one attached hydrogen (secondary N) is 1. The maximum atomic E-state index is 3.64. The van der Waals surface area contributed by atoms with Gasteiger partial charge in [0, 0.05) is 28.1 Å². The van der Waals surface area contributed by atoms with Gasteiger partial charge in [-0.1, -0.05) is 60.7 Å². The number of fused-ring (bicyclic) bond motifs is 6. The van der Waals surface area contributed by atoms with E-state index in [4.69, 9.17) is 0 Å². The molecule has 2 aliphatic rings. The summed E-state index contributed by atoms with van der Waals surface area (Å²) in [5, 5.41) is 6.25. The number of hydrogen-bond acceptors (Lipinski definition) is 1. The van der Waals surface area contributed by atoms with Crippen molar-refractivity contribution in [2.75, 3.05) is 5.32 Å². The summed E-state index contributed by atoms with van der Waals surface area (Å²) in [7, 11) is 0. The van der Waals surface area contributed by atoms with Crippen molar-refractivity contribution >= 4 is 27.5 Å². The van der Waals surface area contributed by atoms with Crippen molar-refractivity contribution in [2.45, 2.75) is 12.0 Å². The van der Waals surface area contributed by atoms with Crippen LogP contribution in [0.3, 0.4) is 0 Å². The van der Waals surface area contributed by atoms with Gasteiger partial charge in [0.05, 0.1) is 17.1 Å². The van der Waals surface area contributed by atoms with Gasteiger partial charge in [-0.3, -0.25) is 0 Å². The lowest BCUT2D eigenvalue weighted by Gasteiger charge is -2.16. The van der Waals surface area contributed by atoms with Crippen LogP contribution in [0.15, 0.2) is 91.0 Å². The van der Waals surface area contributed by atoms with Crippen molar-refractivity contribution in [2.24, 2.45) is 0 Å². The summed E-state index contributed by atoms with van der Waals surface area (Å²) in [4.78, 5) is 0. The SMILES string of the molecule is C1=CC2Nc3ccc(-n4c5ccccc5c5ccccc54)cc3C2C=C1. The van der Waals surface area contributed by atoms with E-state index in [1.54, 1.807) is 0 Å². The second-order valence-electron chi connectivity index (χ2n) is 7.11. The molecule has 1 aromatic heterocycles.